The molecule has 1 aromatic rings. The van der Waals surface area contributed by atoms with Gasteiger partial charge < -0.3 is 11.1 Å². The van der Waals surface area contributed by atoms with Gasteiger partial charge in [0.1, 0.15) is 5.82 Å². The van der Waals surface area contributed by atoms with E-state index >= 15 is 0 Å². The van der Waals surface area contributed by atoms with E-state index < -0.39 is 0 Å². The van der Waals surface area contributed by atoms with Crippen LogP contribution in [0, 0.1) is 5.82 Å². The van der Waals surface area contributed by atoms with Crippen LogP contribution >= 0.6 is 11.6 Å². The molecule has 5 heteroatoms. The molecule has 3 N–H and O–H groups in total. The van der Waals surface area contributed by atoms with Gasteiger partial charge in [-0.25, -0.2) is 4.39 Å². The highest BCUT2D eigenvalue weighted by atomic mass is 35.5. The molecule has 3 nitrogen and oxygen atoms in total. The summed E-state index contributed by atoms with van der Waals surface area (Å²) in [6.07, 6.45) is 0. The molecule has 14 heavy (non-hydrogen) atoms. The van der Waals surface area contributed by atoms with Crippen molar-refractivity contribution in [3.63, 3.8) is 0 Å². The number of hydrogen-bond donors (Lipinski definition) is 2. The predicted molar refractivity (Wildman–Crippen MR) is 53.8 cm³/mol. The van der Waals surface area contributed by atoms with Gasteiger partial charge >= 0.3 is 0 Å². The van der Waals surface area contributed by atoms with Crippen molar-refractivity contribution >= 4 is 17.6 Å². The van der Waals surface area contributed by atoms with Crippen LogP contribution < -0.4 is 11.1 Å². The molecule has 0 fully saturated rings. The summed E-state index contributed by atoms with van der Waals surface area (Å²) in [6, 6.07) is 4.33. The molecule has 1 aromatic carbocycles. The highest BCUT2D eigenvalue weighted by molar-refractivity contribution is 6.30. The number of benzene rings is 1. The van der Waals surface area contributed by atoms with Crippen molar-refractivity contribution < 1.29 is 4.39 Å². The molecule has 1 aliphatic heterocycles. The fourth-order valence-corrected chi connectivity index (χ4v) is 1.65. The molecule has 0 saturated carbocycles. The summed E-state index contributed by atoms with van der Waals surface area (Å²) < 4.78 is 13.0. The monoisotopic (exact) mass is 213 g/mol. The van der Waals surface area contributed by atoms with Crippen LogP contribution in [0.2, 0.25) is 5.02 Å². The van der Waals surface area contributed by atoms with Gasteiger partial charge in [-0.3, -0.25) is 4.99 Å². The fraction of sp³-hybridized carbons (Fsp3) is 0.222. The van der Waals surface area contributed by atoms with Crippen molar-refractivity contribution in [3.8, 4) is 0 Å². The second kappa shape index (κ2) is 3.46. The zero-order valence-electron chi connectivity index (χ0n) is 7.30. The van der Waals surface area contributed by atoms with Gasteiger partial charge in [-0.2, -0.15) is 0 Å². The fourth-order valence-electron chi connectivity index (χ4n) is 1.42. The quantitative estimate of drug-likeness (QED) is 0.742. The number of aliphatic imine (C=N–C) groups is 1. The van der Waals surface area contributed by atoms with Crippen molar-refractivity contribution in [2.24, 2.45) is 10.7 Å². The zero-order valence-corrected chi connectivity index (χ0v) is 8.05. The number of halogens is 2. The van der Waals surface area contributed by atoms with E-state index in [1.807, 2.05) is 0 Å². The SMILES string of the molecule is NC1=NCC(c2cc(F)cc(Cl)c2)N1. The molecule has 0 aliphatic carbocycles. The smallest absolute Gasteiger partial charge is 0.189 e. The molecule has 2 rings (SSSR count). The lowest BCUT2D eigenvalue weighted by Gasteiger charge is -2.11. The lowest BCUT2D eigenvalue weighted by Crippen LogP contribution is -2.29. The zero-order chi connectivity index (χ0) is 10.1. The van der Waals surface area contributed by atoms with Gasteiger partial charge in [0, 0.05) is 5.02 Å². The van der Waals surface area contributed by atoms with Crippen LogP contribution in [0.15, 0.2) is 23.2 Å². The van der Waals surface area contributed by atoms with Gasteiger partial charge in [-0.15, -0.1) is 0 Å². The van der Waals surface area contributed by atoms with Crippen molar-refractivity contribution in [2.75, 3.05) is 6.54 Å². The number of rotatable bonds is 1. The van der Waals surface area contributed by atoms with Crippen LogP contribution in [0.3, 0.4) is 0 Å². The first-order chi connectivity index (χ1) is 6.65. The van der Waals surface area contributed by atoms with Crippen LogP contribution in [0.25, 0.3) is 0 Å². The third-order valence-electron chi connectivity index (χ3n) is 2.05. The lowest BCUT2D eigenvalue weighted by molar-refractivity contribution is 0.617. The predicted octanol–water partition coefficient (Wildman–Crippen LogP) is 1.44. The number of hydrogen-bond acceptors (Lipinski definition) is 3. The number of nitrogens with one attached hydrogen (secondary N) is 1. The summed E-state index contributed by atoms with van der Waals surface area (Å²) in [6.45, 7) is 0.519. The van der Waals surface area contributed by atoms with E-state index in [0.717, 1.165) is 5.56 Å². The van der Waals surface area contributed by atoms with Crippen molar-refractivity contribution in [1.29, 1.82) is 0 Å². The van der Waals surface area contributed by atoms with E-state index in [1.165, 1.54) is 12.1 Å². The first-order valence-corrected chi connectivity index (χ1v) is 4.55. The summed E-state index contributed by atoms with van der Waals surface area (Å²) in [7, 11) is 0. The van der Waals surface area contributed by atoms with Crippen LogP contribution in [0.5, 0.6) is 0 Å². The normalized spacial score (nSPS) is 20.4. The van der Waals surface area contributed by atoms with Gasteiger partial charge in [-0.05, 0) is 23.8 Å². The first kappa shape index (κ1) is 9.27. The van der Waals surface area contributed by atoms with E-state index in [1.54, 1.807) is 6.07 Å². The minimum atomic E-state index is -0.347. The average molecular weight is 214 g/mol. The van der Waals surface area contributed by atoms with Crippen molar-refractivity contribution in [2.45, 2.75) is 6.04 Å². The maximum absolute atomic E-state index is 13.0. The van der Waals surface area contributed by atoms with Gasteiger partial charge in [0.05, 0.1) is 12.6 Å². The van der Waals surface area contributed by atoms with Crippen LogP contribution in [0.1, 0.15) is 11.6 Å². The summed E-state index contributed by atoms with van der Waals surface area (Å²) in [5.41, 5.74) is 6.21. The van der Waals surface area contributed by atoms with E-state index in [2.05, 4.69) is 10.3 Å². The molecule has 0 radical (unpaired) electrons. The number of guanidine groups is 1. The third-order valence-corrected chi connectivity index (χ3v) is 2.27. The second-order valence-electron chi connectivity index (χ2n) is 3.13. The molecular weight excluding hydrogens is 205 g/mol. The van der Waals surface area contributed by atoms with E-state index in [0.29, 0.717) is 17.5 Å². The average Bonchev–Trinajstić information content (AvgIpc) is 2.50. The topological polar surface area (TPSA) is 50.4 Å². The molecule has 74 valence electrons. The maximum atomic E-state index is 13.0. The Bertz CT molecular complexity index is 371. The summed E-state index contributed by atoms with van der Waals surface area (Å²) >= 11 is 5.73. The lowest BCUT2D eigenvalue weighted by atomic mass is 10.1. The molecular formula is C9H9ClFN3. The van der Waals surface area contributed by atoms with Gasteiger partial charge in [0.25, 0.3) is 0 Å². The molecule has 0 spiro atoms. The Kier molecular flexibility index (Phi) is 2.29. The van der Waals surface area contributed by atoms with Gasteiger partial charge in [0.15, 0.2) is 5.96 Å². The molecule has 0 saturated heterocycles. The Morgan fingerprint density at radius 3 is 2.86 bits per heavy atom. The Labute approximate surface area is 85.8 Å². The van der Waals surface area contributed by atoms with Gasteiger partial charge in [0.2, 0.25) is 0 Å². The third kappa shape index (κ3) is 1.80. The van der Waals surface area contributed by atoms with Crippen molar-refractivity contribution in [3.05, 3.63) is 34.6 Å². The molecule has 1 unspecified atom stereocenters. The van der Waals surface area contributed by atoms with E-state index in [-0.39, 0.29) is 11.9 Å². The minimum absolute atomic E-state index is 0.0665. The van der Waals surface area contributed by atoms with Crippen LogP contribution in [0.4, 0.5) is 4.39 Å². The maximum Gasteiger partial charge on any atom is 0.189 e. The van der Waals surface area contributed by atoms with E-state index in [9.17, 15) is 4.39 Å². The summed E-state index contributed by atoms with van der Waals surface area (Å²) in [5, 5.41) is 3.31. The second-order valence-corrected chi connectivity index (χ2v) is 3.56. The van der Waals surface area contributed by atoms with Crippen molar-refractivity contribution in [1.82, 2.24) is 5.32 Å². The Balaban J connectivity index is 2.25. The molecule has 0 amide bonds. The first-order valence-electron chi connectivity index (χ1n) is 4.17. The highest BCUT2D eigenvalue weighted by Gasteiger charge is 2.18. The molecule has 1 atom stereocenters. The highest BCUT2D eigenvalue weighted by Crippen LogP contribution is 2.21. The Morgan fingerprint density at radius 1 is 1.50 bits per heavy atom. The standard InChI is InChI=1S/C9H9ClFN3/c10-6-1-5(2-7(11)3-6)8-4-13-9(12)14-8/h1-3,8H,4H2,(H3,12,13,14). The van der Waals surface area contributed by atoms with E-state index in [4.69, 9.17) is 17.3 Å². The summed E-state index contributed by atoms with van der Waals surface area (Å²) in [4.78, 5) is 3.97. The number of nitrogens with zero attached hydrogens (tertiary/aromatic N) is 1. The molecule has 0 aromatic heterocycles. The van der Waals surface area contributed by atoms with Crippen LogP contribution in [-0.2, 0) is 0 Å². The number of nitrogens with two attached hydrogens (primary N) is 1. The Hall–Kier alpha value is -1.29. The minimum Gasteiger partial charge on any atom is -0.370 e. The molecule has 1 heterocycles. The van der Waals surface area contributed by atoms with Gasteiger partial charge in [-0.1, -0.05) is 11.6 Å². The van der Waals surface area contributed by atoms with Crippen LogP contribution in [-0.4, -0.2) is 12.5 Å². The largest absolute Gasteiger partial charge is 0.370 e. The summed E-state index contributed by atoms with van der Waals surface area (Å²) in [5.74, 6) is 0.0372. The Morgan fingerprint density at radius 2 is 2.29 bits per heavy atom. The molecule has 0 bridgehead atoms. The molecule has 1 aliphatic rings.